The maximum Gasteiger partial charge on any atom is 0.266 e. The molecule has 4 rings (SSSR count). The van der Waals surface area contributed by atoms with Crippen LogP contribution in [0.2, 0.25) is 0 Å². The first-order valence-electron chi connectivity index (χ1n) is 8.87. The lowest BCUT2D eigenvalue weighted by molar-refractivity contribution is -0.128. The van der Waals surface area contributed by atoms with Crippen molar-refractivity contribution in [3.05, 3.63) is 28.7 Å². The number of thiocarbonyl (C=S) groups is 1. The fourth-order valence-electron chi connectivity index (χ4n) is 2.97. The number of amides is 2. The molecule has 0 saturated carbocycles. The van der Waals surface area contributed by atoms with E-state index in [4.69, 9.17) is 26.4 Å². The first-order chi connectivity index (χ1) is 13.6. The van der Waals surface area contributed by atoms with Crippen LogP contribution in [-0.4, -0.2) is 65.7 Å². The minimum Gasteiger partial charge on any atom is -0.454 e. The zero-order valence-electron chi connectivity index (χ0n) is 15.0. The number of nitrogens with zero attached hydrogens (tertiary/aromatic N) is 2. The van der Waals surface area contributed by atoms with Crippen molar-refractivity contribution in [3.63, 3.8) is 0 Å². The summed E-state index contributed by atoms with van der Waals surface area (Å²) in [7, 11) is 0. The molecule has 2 fully saturated rings. The molecule has 0 spiro atoms. The molecule has 0 radical (unpaired) electrons. The van der Waals surface area contributed by atoms with Crippen LogP contribution in [0.15, 0.2) is 23.1 Å². The second-order valence-corrected chi connectivity index (χ2v) is 8.01. The number of carbonyl (C=O) groups excluding carboxylic acids is 2. The third-order valence-corrected chi connectivity index (χ3v) is 5.80. The molecule has 3 aliphatic heterocycles. The number of hydrazine groups is 1. The van der Waals surface area contributed by atoms with Crippen LogP contribution < -0.4 is 14.9 Å². The molecular weight excluding hydrogens is 402 g/mol. The van der Waals surface area contributed by atoms with Gasteiger partial charge in [0.15, 0.2) is 11.5 Å². The molecule has 28 heavy (non-hydrogen) atoms. The van der Waals surface area contributed by atoms with Gasteiger partial charge in [-0.15, -0.1) is 0 Å². The van der Waals surface area contributed by atoms with Crippen molar-refractivity contribution < 1.29 is 23.8 Å². The number of hydrogen-bond donors (Lipinski definition) is 1. The predicted molar refractivity (Wildman–Crippen MR) is 108 cm³/mol. The summed E-state index contributed by atoms with van der Waals surface area (Å²) in [6, 6.07) is 5.49. The van der Waals surface area contributed by atoms with Crippen molar-refractivity contribution >= 4 is 46.2 Å². The maximum absolute atomic E-state index is 12.7. The molecule has 1 aromatic rings. The molecule has 2 saturated heterocycles. The Morgan fingerprint density at radius 3 is 2.86 bits per heavy atom. The summed E-state index contributed by atoms with van der Waals surface area (Å²) in [5.74, 6) is 1.02. The third kappa shape index (κ3) is 4.30. The van der Waals surface area contributed by atoms with Crippen molar-refractivity contribution in [3.8, 4) is 11.5 Å². The van der Waals surface area contributed by atoms with Gasteiger partial charge in [0.2, 0.25) is 12.7 Å². The Morgan fingerprint density at radius 2 is 2.04 bits per heavy atom. The quantitative estimate of drug-likeness (QED) is 0.564. The lowest BCUT2D eigenvalue weighted by atomic mass is 10.2. The molecule has 148 valence electrons. The summed E-state index contributed by atoms with van der Waals surface area (Å²) in [5, 5.41) is 1.83. The minimum absolute atomic E-state index is 0.143. The Bertz CT molecular complexity index is 839. The van der Waals surface area contributed by atoms with Crippen LogP contribution >= 0.6 is 24.0 Å². The van der Waals surface area contributed by atoms with Gasteiger partial charge in [0.25, 0.3) is 5.91 Å². The molecule has 10 heteroatoms. The Labute approximate surface area is 171 Å². The van der Waals surface area contributed by atoms with Gasteiger partial charge in [0.05, 0.1) is 18.1 Å². The zero-order valence-corrected chi connectivity index (χ0v) is 16.6. The first-order valence-corrected chi connectivity index (χ1v) is 10.1. The summed E-state index contributed by atoms with van der Waals surface area (Å²) >= 11 is 6.56. The summed E-state index contributed by atoms with van der Waals surface area (Å²) in [6.45, 7) is 2.96. The van der Waals surface area contributed by atoms with E-state index in [2.05, 4.69) is 5.43 Å². The molecule has 0 unspecified atom stereocenters. The topological polar surface area (TPSA) is 80.3 Å². The summed E-state index contributed by atoms with van der Waals surface area (Å²) in [4.78, 5) is 26.8. The largest absolute Gasteiger partial charge is 0.454 e. The molecule has 0 atom stereocenters. The minimum atomic E-state index is -0.188. The summed E-state index contributed by atoms with van der Waals surface area (Å²) < 4.78 is 16.4. The van der Waals surface area contributed by atoms with Crippen LogP contribution in [0.4, 0.5) is 0 Å². The lowest BCUT2D eigenvalue weighted by Crippen LogP contribution is -2.49. The van der Waals surface area contributed by atoms with Crippen molar-refractivity contribution in [1.29, 1.82) is 0 Å². The average molecular weight is 422 g/mol. The normalized spacial score (nSPS) is 20.9. The number of hydrogen-bond acceptors (Lipinski definition) is 8. The van der Waals surface area contributed by atoms with Crippen molar-refractivity contribution in [2.75, 3.05) is 39.6 Å². The highest BCUT2D eigenvalue weighted by molar-refractivity contribution is 8.26. The fraction of sp³-hybridized carbons (Fsp3) is 0.389. The standard InChI is InChI=1S/C18H19N3O5S2/c22-16(19-20-5-7-24-8-6-20)3-4-21-17(23)15(28-18(21)27)10-12-1-2-13-14(9-12)26-11-25-13/h1-2,9-10H,3-8,11H2,(H,19,22)/b15-10+. The van der Waals surface area contributed by atoms with E-state index in [1.54, 1.807) is 6.08 Å². The highest BCUT2D eigenvalue weighted by Gasteiger charge is 2.32. The number of rotatable bonds is 5. The monoisotopic (exact) mass is 421 g/mol. The number of nitrogens with one attached hydrogen (secondary N) is 1. The highest BCUT2D eigenvalue weighted by atomic mass is 32.2. The number of carbonyl (C=O) groups is 2. The number of ether oxygens (including phenoxy) is 3. The van der Waals surface area contributed by atoms with Gasteiger partial charge in [-0.1, -0.05) is 30.0 Å². The SMILES string of the molecule is O=C(CCN1C(=O)/C(=C\c2ccc3c(c2)OCO3)SC1=S)NN1CCOCC1. The van der Waals surface area contributed by atoms with Crippen molar-refractivity contribution in [2.24, 2.45) is 0 Å². The molecule has 1 N–H and O–H groups in total. The van der Waals surface area contributed by atoms with E-state index < -0.39 is 0 Å². The fourth-order valence-corrected chi connectivity index (χ4v) is 4.28. The Kier molecular flexibility index (Phi) is 5.81. The van der Waals surface area contributed by atoms with Crippen molar-refractivity contribution in [2.45, 2.75) is 6.42 Å². The molecule has 1 aromatic carbocycles. The zero-order chi connectivity index (χ0) is 19.5. The average Bonchev–Trinajstić information content (AvgIpc) is 3.25. The van der Waals surface area contributed by atoms with Gasteiger partial charge >= 0.3 is 0 Å². The number of benzene rings is 1. The Hall–Kier alpha value is -2.14. The summed E-state index contributed by atoms with van der Waals surface area (Å²) in [5.41, 5.74) is 3.66. The molecule has 3 heterocycles. The molecule has 0 aromatic heterocycles. The van der Waals surface area contributed by atoms with Gasteiger partial charge in [-0.2, -0.15) is 0 Å². The molecule has 3 aliphatic rings. The predicted octanol–water partition coefficient (Wildman–Crippen LogP) is 1.37. The van der Waals surface area contributed by atoms with Crippen LogP contribution in [0, 0.1) is 0 Å². The van der Waals surface area contributed by atoms with E-state index in [0.29, 0.717) is 47.0 Å². The lowest BCUT2D eigenvalue weighted by Gasteiger charge is -2.27. The molecule has 8 nitrogen and oxygen atoms in total. The number of fused-ring (bicyclic) bond motifs is 1. The number of morpholine rings is 1. The van der Waals surface area contributed by atoms with Gasteiger partial charge in [-0.25, -0.2) is 5.01 Å². The van der Waals surface area contributed by atoms with Crippen LogP contribution in [0.25, 0.3) is 6.08 Å². The van der Waals surface area contributed by atoms with E-state index in [9.17, 15) is 9.59 Å². The van der Waals surface area contributed by atoms with E-state index in [-0.39, 0.29) is 31.6 Å². The van der Waals surface area contributed by atoms with E-state index in [0.717, 1.165) is 5.56 Å². The van der Waals surface area contributed by atoms with Gasteiger partial charge in [0, 0.05) is 26.1 Å². The van der Waals surface area contributed by atoms with Crippen LogP contribution in [-0.2, 0) is 14.3 Å². The van der Waals surface area contributed by atoms with Gasteiger partial charge in [-0.05, 0) is 23.8 Å². The second kappa shape index (κ2) is 8.48. The van der Waals surface area contributed by atoms with E-state index >= 15 is 0 Å². The second-order valence-electron chi connectivity index (χ2n) is 6.33. The third-order valence-electron chi connectivity index (χ3n) is 4.42. The van der Waals surface area contributed by atoms with Crippen molar-refractivity contribution in [1.82, 2.24) is 15.3 Å². The smallest absolute Gasteiger partial charge is 0.266 e. The Morgan fingerprint density at radius 1 is 1.25 bits per heavy atom. The van der Waals surface area contributed by atoms with Gasteiger partial charge in [0.1, 0.15) is 4.32 Å². The number of thioether (sulfide) groups is 1. The molecular formula is C18H19N3O5S2. The van der Waals surface area contributed by atoms with Crippen LogP contribution in [0.5, 0.6) is 11.5 Å². The van der Waals surface area contributed by atoms with Crippen LogP contribution in [0.3, 0.4) is 0 Å². The van der Waals surface area contributed by atoms with Gasteiger partial charge < -0.3 is 14.2 Å². The molecule has 0 bridgehead atoms. The molecule has 0 aliphatic carbocycles. The summed E-state index contributed by atoms with van der Waals surface area (Å²) in [6.07, 6.45) is 1.95. The molecule has 2 amide bonds. The maximum atomic E-state index is 12.7. The van der Waals surface area contributed by atoms with E-state index in [1.807, 2.05) is 23.2 Å². The van der Waals surface area contributed by atoms with E-state index in [1.165, 1.54) is 16.7 Å². The van der Waals surface area contributed by atoms with Crippen LogP contribution in [0.1, 0.15) is 12.0 Å². The van der Waals surface area contributed by atoms with Gasteiger partial charge in [-0.3, -0.25) is 19.9 Å². The first kappa shape index (κ1) is 19.2. The highest BCUT2D eigenvalue weighted by Crippen LogP contribution is 2.36. The Balaban J connectivity index is 1.35.